The lowest BCUT2D eigenvalue weighted by molar-refractivity contribution is -0.113. The molecule has 2 aromatic carbocycles. The van der Waals surface area contributed by atoms with Crippen LogP contribution < -0.4 is 14.8 Å². The lowest BCUT2D eigenvalue weighted by Crippen LogP contribution is -2.15. The molecule has 162 valence electrons. The number of aryl methyl sites for hydroxylation is 1. The first kappa shape index (κ1) is 21.3. The van der Waals surface area contributed by atoms with E-state index in [0.29, 0.717) is 51.6 Å². The number of carbonyl (C=O) groups excluding carboxylic acids is 2. The Hall–Kier alpha value is -2.91. The van der Waals surface area contributed by atoms with Crippen LogP contribution in [0.3, 0.4) is 0 Å². The summed E-state index contributed by atoms with van der Waals surface area (Å²) in [5.41, 5.74) is 2.47. The number of imidazole rings is 1. The highest BCUT2D eigenvalue weighted by Gasteiger charge is 2.19. The number of hydrogen-bond acceptors (Lipinski definition) is 7. The van der Waals surface area contributed by atoms with Gasteiger partial charge < -0.3 is 24.1 Å². The Bertz CT molecular complexity index is 1160. The highest BCUT2D eigenvalue weighted by molar-refractivity contribution is 7.99. The second kappa shape index (κ2) is 9.07. The van der Waals surface area contributed by atoms with E-state index in [0.717, 1.165) is 5.52 Å². The molecule has 0 saturated carbocycles. The fourth-order valence-corrected chi connectivity index (χ4v) is 4.27. The molecular weight excluding hydrogens is 442 g/mol. The zero-order valence-electron chi connectivity index (χ0n) is 16.9. The van der Waals surface area contributed by atoms with E-state index in [4.69, 9.17) is 25.8 Å². The van der Waals surface area contributed by atoms with Crippen LogP contribution in [0.4, 0.5) is 5.69 Å². The van der Waals surface area contributed by atoms with Crippen molar-refractivity contribution in [2.45, 2.75) is 25.5 Å². The molecule has 3 aromatic rings. The van der Waals surface area contributed by atoms with Crippen LogP contribution in [0.5, 0.6) is 11.5 Å². The lowest BCUT2D eigenvalue weighted by Gasteiger charge is -2.09. The van der Waals surface area contributed by atoms with Gasteiger partial charge in [-0.1, -0.05) is 23.4 Å². The number of esters is 1. The number of thioether (sulfide) groups is 1. The molecular formula is C21H20ClN3O5S. The number of benzene rings is 2. The number of aromatic nitrogens is 2. The summed E-state index contributed by atoms with van der Waals surface area (Å²) in [4.78, 5) is 29.1. The molecule has 2 heterocycles. The molecule has 0 unspecified atom stereocenters. The predicted octanol–water partition coefficient (Wildman–Crippen LogP) is 4.35. The fourth-order valence-electron chi connectivity index (χ4n) is 3.19. The van der Waals surface area contributed by atoms with Crippen molar-refractivity contribution >= 4 is 52.0 Å². The second-order valence-corrected chi connectivity index (χ2v) is 7.93. The highest BCUT2D eigenvalue weighted by atomic mass is 35.5. The van der Waals surface area contributed by atoms with Gasteiger partial charge in [-0.2, -0.15) is 0 Å². The molecule has 1 aliphatic heterocycles. The molecule has 0 radical (unpaired) electrons. The van der Waals surface area contributed by atoms with Crippen LogP contribution in [0.1, 0.15) is 24.2 Å². The maximum atomic E-state index is 12.5. The molecule has 8 nitrogen and oxygen atoms in total. The van der Waals surface area contributed by atoms with Crippen molar-refractivity contribution < 1.29 is 23.8 Å². The predicted molar refractivity (Wildman–Crippen MR) is 118 cm³/mol. The lowest BCUT2D eigenvalue weighted by atomic mass is 10.2. The minimum Gasteiger partial charge on any atom is -0.462 e. The van der Waals surface area contributed by atoms with Crippen molar-refractivity contribution in [1.82, 2.24) is 9.55 Å². The van der Waals surface area contributed by atoms with E-state index in [1.165, 1.54) is 11.8 Å². The number of anilines is 1. The first-order chi connectivity index (χ1) is 15.0. The normalized spacial score (nSPS) is 12.2. The summed E-state index contributed by atoms with van der Waals surface area (Å²) in [7, 11) is 0. The maximum absolute atomic E-state index is 12.5. The molecule has 0 aliphatic carbocycles. The average Bonchev–Trinajstić information content (AvgIpc) is 3.35. The molecule has 1 N–H and O–H groups in total. The molecule has 0 bridgehead atoms. The van der Waals surface area contributed by atoms with E-state index in [1.54, 1.807) is 31.2 Å². The topological polar surface area (TPSA) is 91.7 Å². The number of nitrogens with zero attached hydrogens (tertiary/aromatic N) is 2. The smallest absolute Gasteiger partial charge is 0.338 e. The number of amides is 1. The molecule has 1 amide bonds. The van der Waals surface area contributed by atoms with Gasteiger partial charge in [-0.25, -0.2) is 9.78 Å². The van der Waals surface area contributed by atoms with Crippen LogP contribution >= 0.6 is 23.4 Å². The molecule has 0 spiro atoms. The number of ether oxygens (including phenoxy) is 3. The van der Waals surface area contributed by atoms with E-state index in [-0.39, 0.29) is 24.4 Å². The van der Waals surface area contributed by atoms with Crippen LogP contribution in [-0.4, -0.2) is 40.6 Å². The molecule has 0 saturated heterocycles. The molecule has 0 fully saturated rings. The Balaban J connectivity index is 1.48. The standard InChI is InChI=1S/C21H20ClN3O5S/c1-3-25-16-6-5-12(20(27)28-4-2)7-15(16)24-21(25)31-10-19(26)23-14-9-18-17(8-13(14)22)29-11-30-18/h5-9H,3-4,10-11H2,1-2H3,(H,23,26). The van der Waals surface area contributed by atoms with Crippen molar-refractivity contribution in [3.8, 4) is 11.5 Å². The maximum Gasteiger partial charge on any atom is 0.338 e. The highest BCUT2D eigenvalue weighted by Crippen LogP contribution is 2.39. The number of carbonyl (C=O) groups is 2. The Morgan fingerprint density at radius 1 is 1.23 bits per heavy atom. The van der Waals surface area contributed by atoms with Crippen LogP contribution in [0.2, 0.25) is 5.02 Å². The van der Waals surface area contributed by atoms with E-state index < -0.39 is 0 Å². The molecule has 1 aromatic heterocycles. The Morgan fingerprint density at radius 2 is 2.00 bits per heavy atom. The van der Waals surface area contributed by atoms with Gasteiger partial charge in [-0.3, -0.25) is 4.79 Å². The summed E-state index contributed by atoms with van der Waals surface area (Å²) in [6.45, 7) is 4.87. The number of hydrogen-bond donors (Lipinski definition) is 1. The van der Waals surface area contributed by atoms with E-state index >= 15 is 0 Å². The van der Waals surface area contributed by atoms with Crippen molar-refractivity contribution in [2.24, 2.45) is 0 Å². The van der Waals surface area contributed by atoms with Crippen LogP contribution in [0, 0.1) is 0 Å². The summed E-state index contributed by atoms with van der Waals surface area (Å²) in [6.07, 6.45) is 0. The molecule has 10 heteroatoms. The van der Waals surface area contributed by atoms with E-state index in [1.807, 2.05) is 17.6 Å². The first-order valence-corrected chi connectivity index (χ1v) is 11.1. The largest absolute Gasteiger partial charge is 0.462 e. The third-order valence-corrected chi connectivity index (χ3v) is 5.90. The average molecular weight is 462 g/mol. The number of fused-ring (bicyclic) bond motifs is 2. The SMILES string of the molecule is CCOC(=O)c1ccc2c(c1)nc(SCC(=O)Nc1cc3c(cc1Cl)OCO3)n2CC. The first-order valence-electron chi connectivity index (χ1n) is 9.69. The molecule has 4 rings (SSSR count). The van der Waals surface area contributed by atoms with Gasteiger partial charge in [0.1, 0.15) is 0 Å². The number of rotatable bonds is 7. The van der Waals surface area contributed by atoms with Gasteiger partial charge in [0.25, 0.3) is 0 Å². The minimum atomic E-state index is -0.385. The van der Waals surface area contributed by atoms with E-state index in [9.17, 15) is 9.59 Å². The summed E-state index contributed by atoms with van der Waals surface area (Å²) in [5, 5.41) is 3.85. The summed E-state index contributed by atoms with van der Waals surface area (Å²) in [6, 6.07) is 8.53. The third-order valence-electron chi connectivity index (χ3n) is 4.61. The zero-order chi connectivity index (χ0) is 22.0. The number of halogens is 1. The summed E-state index contributed by atoms with van der Waals surface area (Å²) < 4.78 is 17.6. The van der Waals surface area contributed by atoms with Crippen molar-refractivity contribution in [3.63, 3.8) is 0 Å². The zero-order valence-corrected chi connectivity index (χ0v) is 18.5. The summed E-state index contributed by atoms with van der Waals surface area (Å²) >= 11 is 7.53. The monoisotopic (exact) mass is 461 g/mol. The van der Waals surface area contributed by atoms with Gasteiger partial charge >= 0.3 is 5.97 Å². The second-order valence-electron chi connectivity index (χ2n) is 6.58. The van der Waals surface area contributed by atoms with Crippen molar-refractivity contribution in [1.29, 1.82) is 0 Å². The molecule has 0 atom stereocenters. The van der Waals surface area contributed by atoms with Gasteiger partial charge in [-0.05, 0) is 32.0 Å². The fraction of sp³-hybridized carbons (Fsp3) is 0.286. The Labute approximate surface area is 187 Å². The van der Waals surface area contributed by atoms with Gasteiger partial charge in [0.15, 0.2) is 16.7 Å². The van der Waals surface area contributed by atoms with Gasteiger partial charge in [0.2, 0.25) is 12.7 Å². The van der Waals surface area contributed by atoms with Crippen molar-refractivity contribution in [2.75, 3.05) is 24.5 Å². The van der Waals surface area contributed by atoms with Crippen LogP contribution in [-0.2, 0) is 16.1 Å². The van der Waals surface area contributed by atoms with Crippen LogP contribution in [0.15, 0.2) is 35.5 Å². The van der Waals surface area contributed by atoms with Gasteiger partial charge in [0.05, 0.1) is 39.7 Å². The van der Waals surface area contributed by atoms with Gasteiger partial charge in [-0.15, -0.1) is 0 Å². The van der Waals surface area contributed by atoms with E-state index in [2.05, 4.69) is 10.3 Å². The number of nitrogens with one attached hydrogen (secondary N) is 1. The Kier molecular flexibility index (Phi) is 6.24. The van der Waals surface area contributed by atoms with Crippen LogP contribution in [0.25, 0.3) is 11.0 Å². The Morgan fingerprint density at radius 3 is 2.74 bits per heavy atom. The van der Waals surface area contributed by atoms with Gasteiger partial charge in [0, 0.05) is 18.7 Å². The summed E-state index contributed by atoms with van der Waals surface area (Å²) in [5.74, 6) is 0.616. The minimum absolute atomic E-state index is 0.129. The molecule has 1 aliphatic rings. The quantitative estimate of drug-likeness (QED) is 0.413. The van der Waals surface area contributed by atoms with Crippen molar-refractivity contribution in [3.05, 3.63) is 40.9 Å². The third kappa shape index (κ3) is 4.42. The molecule has 31 heavy (non-hydrogen) atoms.